The molecule has 7 heteroatoms. The molecule has 2 aromatic rings. The molecule has 0 atom stereocenters. The van der Waals surface area contributed by atoms with Crippen molar-refractivity contribution in [1.82, 2.24) is 0 Å². The molecular formula is C18H20N2O4S. The van der Waals surface area contributed by atoms with E-state index < -0.39 is 5.91 Å². The number of para-hydroxylation sites is 2. The molecule has 1 aliphatic rings. The van der Waals surface area contributed by atoms with Gasteiger partial charge in [-0.2, -0.15) is 0 Å². The highest BCUT2D eigenvalue weighted by molar-refractivity contribution is 7.17. The van der Waals surface area contributed by atoms with Gasteiger partial charge in [-0.1, -0.05) is 12.1 Å². The number of thiophene rings is 1. The Kier molecular flexibility index (Phi) is 5.23. The monoisotopic (exact) mass is 360 g/mol. The molecule has 1 aromatic carbocycles. The molecule has 1 aliphatic carbocycles. The molecule has 0 radical (unpaired) electrons. The molecule has 0 bridgehead atoms. The maximum absolute atomic E-state index is 12.2. The van der Waals surface area contributed by atoms with Gasteiger partial charge < -0.3 is 20.5 Å². The number of benzene rings is 1. The molecule has 0 saturated carbocycles. The number of aryl methyl sites for hydroxylation is 1. The Morgan fingerprint density at radius 2 is 1.92 bits per heavy atom. The van der Waals surface area contributed by atoms with Crippen molar-refractivity contribution < 1.29 is 19.1 Å². The van der Waals surface area contributed by atoms with Gasteiger partial charge in [0.2, 0.25) is 0 Å². The van der Waals surface area contributed by atoms with Crippen molar-refractivity contribution in [3.8, 4) is 11.5 Å². The van der Waals surface area contributed by atoms with Gasteiger partial charge >= 0.3 is 0 Å². The lowest BCUT2D eigenvalue weighted by atomic mass is 10.1. The number of rotatable bonds is 7. The summed E-state index contributed by atoms with van der Waals surface area (Å²) < 4.78 is 11.0. The van der Waals surface area contributed by atoms with Crippen LogP contribution in [0.15, 0.2) is 24.3 Å². The third kappa shape index (κ3) is 3.76. The average molecular weight is 360 g/mol. The SMILES string of the molecule is CCOc1ccccc1OCC(=O)Nc1sc2c(c1C(N)=O)CCC2. The highest BCUT2D eigenvalue weighted by Gasteiger charge is 2.26. The summed E-state index contributed by atoms with van der Waals surface area (Å²) in [5.74, 6) is 0.250. The zero-order valence-electron chi connectivity index (χ0n) is 14.0. The third-order valence-corrected chi connectivity index (χ3v) is 5.14. The standard InChI is InChI=1S/C18H20N2O4S/c1-2-23-12-7-3-4-8-13(12)24-10-15(21)20-18-16(17(19)22)11-6-5-9-14(11)25-18/h3-4,7-8H,2,5-6,9-10H2,1H3,(H2,19,22)(H,20,21). The zero-order valence-corrected chi connectivity index (χ0v) is 14.8. The van der Waals surface area contributed by atoms with Crippen LogP contribution >= 0.6 is 11.3 Å². The van der Waals surface area contributed by atoms with Crippen molar-refractivity contribution in [3.05, 3.63) is 40.3 Å². The first kappa shape index (κ1) is 17.3. The fourth-order valence-corrected chi connectivity index (χ4v) is 4.21. The number of carbonyl (C=O) groups excluding carboxylic acids is 2. The number of hydrogen-bond acceptors (Lipinski definition) is 5. The predicted molar refractivity (Wildman–Crippen MR) is 96.6 cm³/mol. The second-order valence-corrected chi connectivity index (χ2v) is 6.75. The number of amides is 2. The van der Waals surface area contributed by atoms with Crippen LogP contribution in [0.3, 0.4) is 0 Å². The van der Waals surface area contributed by atoms with Crippen LogP contribution in [-0.4, -0.2) is 25.0 Å². The summed E-state index contributed by atoms with van der Waals surface area (Å²) in [6, 6.07) is 7.17. The van der Waals surface area contributed by atoms with Crippen LogP contribution in [0.1, 0.15) is 34.1 Å². The van der Waals surface area contributed by atoms with Crippen LogP contribution in [-0.2, 0) is 17.6 Å². The average Bonchev–Trinajstić information content (AvgIpc) is 3.14. The number of nitrogens with two attached hydrogens (primary N) is 1. The van der Waals surface area contributed by atoms with Gasteiger partial charge in [-0.15, -0.1) is 11.3 Å². The summed E-state index contributed by atoms with van der Waals surface area (Å²) in [6.45, 7) is 2.21. The minimum atomic E-state index is -0.502. The zero-order chi connectivity index (χ0) is 17.8. The topological polar surface area (TPSA) is 90.7 Å². The van der Waals surface area contributed by atoms with E-state index in [1.54, 1.807) is 12.1 Å². The van der Waals surface area contributed by atoms with Gasteiger partial charge in [0.05, 0.1) is 12.2 Å². The molecule has 0 saturated heterocycles. The Balaban J connectivity index is 1.67. The van der Waals surface area contributed by atoms with Crippen molar-refractivity contribution in [3.63, 3.8) is 0 Å². The van der Waals surface area contributed by atoms with Crippen LogP contribution in [0.25, 0.3) is 0 Å². The van der Waals surface area contributed by atoms with E-state index in [0.717, 1.165) is 29.7 Å². The van der Waals surface area contributed by atoms with Crippen molar-refractivity contribution in [2.45, 2.75) is 26.2 Å². The normalized spacial score (nSPS) is 12.5. The van der Waals surface area contributed by atoms with Crippen LogP contribution < -0.4 is 20.5 Å². The summed E-state index contributed by atoms with van der Waals surface area (Å²) in [5, 5.41) is 3.27. The summed E-state index contributed by atoms with van der Waals surface area (Å²) >= 11 is 1.43. The fraction of sp³-hybridized carbons (Fsp3) is 0.333. The van der Waals surface area contributed by atoms with E-state index in [-0.39, 0.29) is 12.5 Å². The molecule has 2 amide bonds. The Hall–Kier alpha value is -2.54. The van der Waals surface area contributed by atoms with Gasteiger partial charge in [-0.3, -0.25) is 9.59 Å². The number of ether oxygens (including phenoxy) is 2. The highest BCUT2D eigenvalue weighted by atomic mass is 32.1. The van der Waals surface area contributed by atoms with Gasteiger partial charge in [0.15, 0.2) is 18.1 Å². The Morgan fingerprint density at radius 1 is 1.20 bits per heavy atom. The molecule has 0 spiro atoms. The summed E-state index contributed by atoms with van der Waals surface area (Å²) in [7, 11) is 0. The van der Waals surface area contributed by atoms with E-state index in [0.29, 0.717) is 28.7 Å². The van der Waals surface area contributed by atoms with Crippen molar-refractivity contribution in [1.29, 1.82) is 0 Å². The highest BCUT2D eigenvalue weighted by Crippen LogP contribution is 2.38. The minimum Gasteiger partial charge on any atom is -0.490 e. The molecule has 0 aliphatic heterocycles. The Labute approximate surface area is 149 Å². The fourth-order valence-electron chi connectivity index (χ4n) is 2.90. The van der Waals surface area contributed by atoms with E-state index in [4.69, 9.17) is 15.2 Å². The van der Waals surface area contributed by atoms with E-state index in [2.05, 4.69) is 5.32 Å². The van der Waals surface area contributed by atoms with Crippen LogP contribution in [0.5, 0.6) is 11.5 Å². The molecule has 3 N–H and O–H groups in total. The van der Waals surface area contributed by atoms with Gasteiger partial charge in [-0.25, -0.2) is 0 Å². The first-order chi connectivity index (χ1) is 12.1. The van der Waals surface area contributed by atoms with Crippen LogP contribution in [0.4, 0.5) is 5.00 Å². The smallest absolute Gasteiger partial charge is 0.262 e. The molecule has 3 rings (SSSR count). The second kappa shape index (κ2) is 7.57. The number of hydrogen-bond donors (Lipinski definition) is 2. The molecule has 0 fully saturated rings. The molecule has 132 valence electrons. The van der Waals surface area contributed by atoms with Crippen LogP contribution in [0.2, 0.25) is 0 Å². The largest absolute Gasteiger partial charge is 0.490 e. The summed E-state index contributed by atoms with van der Waals surface area (Å²) in [6.07, 6.45) is 2.78. The van der Waals surface area contributed by atoms with E-state index in [9.17, 15) is 9.59 Å². The van der Waals surface area contributed by atoms with Gasteiger partial charge in [-0.05, 0) is 43.9 Å². The van der Waals surface area contributed by atoms with Crippen LogP contribution in [0, 0.1) is 0 Å². The second-order valence-electron chi connectivity index (χ2n) is 5.64. The maximum Gasteiger partial charge on any atom is 0.262 e. The summed E-state index contributed by atoms with van der Waals surface area (Å²) in [5.41, 5.74) is 6.92. The van der Waals surface area contributed by atoms with E-state index in [1.165, 1.54) is 11.3 Å². The van der Waals surface area contributed by atoms with Gasteiger partial charge in [0.25, 0.3) is 11.8 Å². The quantitative estimate of drug-likeness (QED) is 0.794. The van der Waals surface area contributed by atoms with Gasteiger partial charge in [0, 0.05) is 4.88 Å². The lowest BCUT2D eigenvalue weighted by molar-refractivity contribution is -0.118. The van der Waals surface area contributed by atoms with E-state index in [1.807, 2.05) is 19.1 Å². The lowest BCUT2D eigenvalue weighted by Crippen LogP contribution is -2.22. The number of anilines is 1. The van der Waals surface area contributed by atoms with Gasteiger partial charge in [0.1, 0.15) is 5.00 Å². The number of fused-ring (bicyclic) bond motifs is 1. The Bertz CT molecular complexity index is 800. The number of primary amides is 1. The molecule has 1 aromatic heterocycles. The summed E-state index contributed by atoms with van der Waals surface area (Å²) in [4.78, 5) is 25.1. The molecule has 25 heavy (non-hydrogen) atoms. The first-order valence-electron chi connectivity index (χ1n) is 8.19. The minimum absolute atomic E-state index is 0.176. The van der Waals surface area contributed by atoms with Crippen molar-refractivity contribution in [2.75, 3.05) is 18.5 Å². The first-order valence-corrected chi connectivity index (χ1v) is 9.00. The Morgan fingerprint density at radius 3 is 2.60 bits per heavy atom. The molecular weight excluding hydrogens is 340 g/mol. The van der Waals surface area contributed by atoms with E-state index >= 15 is 0 Å². The maximum atomic E-state index is 12.2. The predicted octanol–water partition coefficient (Wildman–Crippen LogP) is 2.75. The number of carbonyl (C=O) groups is 2. The lowest BCUT2D eigenvalue weighted by Gasteiger charge is -2.11. The molecule has 1 heterocycles. The molecule has 6 nitrogen and oxygen atoms in total. The number of nitrogens with one attached hydrogen (secondary N) is 1. The van der Waals surface area contributed by atoms with Crippen molar-refractivity contribution >= 4 is 28.2 Å². The molecule has 0 unspecified atom stereocenters. The van der Waals surface area contributed by atoms with Crippen molar-refractivity contribution in [2.24, 2.45) is 5.73 Å². The third-order valence-electron chi connectivity index (χ3n) is 3.93.